The zero-order chi connectivity index (χ0) is 27.8. The van der Waals surface area contributed by atoms with E-state index in [1.165, 1.54) is 31.3 Å². The van der Waals surface area contributed by atoms with Crippen molar-refractivity contribution in [2.45, 2.75) is 13.8 Å². The molecule has 0 unspecified atom stereocenters. The molecule has 0 aliphatic heterocycles. The summed E-state index contributed by atoms with van der Waals surface area (Å²) in [6.45, 7) is 4.30. The van der Waals surface area contributed by atoms with Crippen molar-refractivity contribution >= 4 is 65.6 Å². The summed E-state index contributed by atoms with van der Waals surface area (Å²) in [4.78, 5) is 4.70. The zero-order valence-corrected chi connectivity index (χ0v) is 24.0. The van der Waals surface area contributed by atoms with Gasteiger partial charge in [0.1, 0.15) is 0 Å². The van der Waals surface area contributed by atoms with Crippen molar-refractivity contribution in [3.05, 3.63) is 157 Å². The van der Waals surface area contributed by atoms with Crippen LogP contribution in [0, 0.1) is 13.8 Å². The van der Waals surface area contributed by atoms with E-state index in [-0.39, 0.29) is 0 Å². The normalized spacial score (nSPS) is 11.2. The first-order valence-corrected chi connectivity index (χ1v) is 14.8. The van der Waals surface area contributed by atoms with Crippen molar-refractivity contribution in [1.29, 1.82) is 0 Å². The molecule has 0 aliphatic carbocycles. The molecule has 0 N–H and O–H groups in total. The number of fused-ring (bicyclic) bond motifs is 3. The number of nitrogens with zero attached hydrogens (tertiary/aromatic N) is 2. The lowest BCUT2D eigenvalue weighted by Crippen LogP contribution is -2.10. The van der Waals surface area contributed by atoms with Gasteiger partial charge in [0.25, 0.3) is 0 Å². The van der Waals surface area contributed by atoms with Gasteiger partial charge in [-0.1, -0.05) is 60.7 Å². The molecular formula is C38H30N2S. The molecular weight excluding hydrogens is 516 g/mol. The highest BCUT2D eigenvalue weighted by Crippen LogP contribution is 2.43. The number of anilines is 6. The Kier molecular flexibility index (Phi) is 6.50. The molecule has 0 aliphatic rings. The van der Waals surface area contributed by atoms with Crippen LogP contribution in [0.2, 0.25) is 0 Å². The minimum absolute atomic E-state index is 1.15. The second kappa shape index (κ2) is 10.6. The zero-order valence-electron chi connectivity index (χ0n) is 23.2. The number of rotatable bonds is 6. The molecule has 7 aromatic rings. The molecule has 1 heterocycles. The van der Waals surface area contributed by atoms with Gasteiger partial charge in [0.05, 0.1) is 0 Å². The first-order chi connectivity index (χ1) is 20.1. The molecule has 1 aromatic heterocycles. The van der Waals surface area contributed by atoms with Gasteiger partial charge in [0, 0.05) is 54.3 Å². The van der Waals surface area contributed by atoms with Crippen LogP contribution >= 0.6 is 11.3 Å². The van der Waals surface area contributed by atoms with E-state index in [2.05, 4.69) is 169 Å². The highest BCUT2D eigenvalue weighted by Gasteiger charge is 2.17. The van der Waals surface area contributed by atoms with E-state index in [1.54, 1.807) is 0 Å². The Balaban J connectivity index is 1.41. The quantitative estimate of drug-likeness (QED) is 0.205. The van der Waals surface area contributed by atoms with E-state index < -0.39 is 0 Å². The number of thiophene rings is 1. The summed E-state index contributed by atoms with van der Waals surface area (Å²) in [6, 6.07) is 52.5. The van der Waals surface area contributed by atoms with Gasteiger partial charge in [0.2, 0.25) is 0 Å². The molecule has 0 saturated carbocycles. The molecule has 0 radical (unpaired) electrons. The van der Waals surface area contributed by atoms with Crippen LogP contribution in [0.25, 0.3) is 20.2 Å². The highest BCUT2D eigenvalue weighted by atomic mass is 32.1. The Bertz CT molecular complexity index is 1830. The summed E-state index contributed by atoms with van der Waals surface area (Å²) < 4.78 is 2.58. The van der Waals surface area contributed by atoms with Crippen LogP contribution in [0.5, 0.6) is 0 Å². The number of hydrogen-bond donors (Lipinski definition) is 0. The van der Waals surface area contributed by atoms with Crippen molar-refractivity contribution in [3.63, 3.8) is 0 Å². The average molecular weight is 547 g/mol. The summed E-state index contributed by atoms with van der Waals surface area (Å²) in [7, 11) is 0. The Morgan fingerprint density at radius 2 is 0.756 bits per heavy atom. The Morgan fingerprint density at radius 3 is 1.17 bits per heavy atom. The average Bonchev–Trinajstić information content (AvgIpc) is 3.36. The fourth-order valence-corrected chi connectivity index (χ4v) is 6.68. The van der Waals surface area contributed by atoms with Gasteiger partial charge in [-0.2, -0.15) is 0 Å². The van der Waals surface area contributed by atoms with Crippen LogP contribution in [0.1, 0.15) is 11.1 Å². The third-order valence-corrected chi connectivity index (χ3v) is 8.65. The summed E-state index contributed by atoms with van der Waals surface area (Å²) in [6.07, 6.45) is 0. The van der Waals surface area contributed by atoms with Crippen molar-refractivity contribution in [2.24, 2.45) is 0 Å². The molecule has 198 valence electrons. The number of benzene rings is 6. The highest BCUT2D eigenvalue weighted by molar-refractivity contribution is 7.25. The summed E-state index contributed by atoms with van der Waals surface area (Å²) in [5, 5.41) is 2.55. The van der Waals surface area contributed by atoms with Crippen LogP contribution in [0.3, 0.4) is 0 Å². The minimum Gasteiger partial charge on any atom is -0.310 e. The SMILES string of the molecule is Cc1cccc(N(c2ccccc2)c2ccc3sc4ccc(N(c5ccccc5)c5cccc(C)c5)cc4c3c2)c1. The lowest BCUT2D eigenvalue weighted by molar-refractivity contribution is 1.27. The van der Waals surface area contributed by atoms with Crippen molar-refractivity contribution in [3.8, 4) is 0 Å². The van der Waals surface area contributed by atoms with Gasteiger partial charge in [-0.05, 0) is 110 Å². The smallest absolute Gasteiger partial charge is 0.0468 e. The molecule has 7 rings (SSSR count). The maximum atomic E-state index is 2.35. The van der Waals surface area contributed by atoms with E-state index >= 15 is 0 Å². The Labute approximate surface area is 245 Å². The lowest BCUT2D eigenvalue weighted by Gasteiger charge is -2.26. The second-order valence-corrected chi connectivity index (χ2v) is 11.6. The number of aryl methyl sites for hydroxylation is 2. The van der Waals surface area contributed by atoms with Gasteiger partial charge in [-0.15, -0.1) is 11.3 Å². The fourth-order valence-electron chi connectivity index (χ4n) is 5.61. The summed E-state index contributed by atoms with van der Waals surface area (Å²) >= 11 is 1.85. The molecule has 41 heavy (non-hydrogen) atoms. The largest absolute Gasteiger partial charge is 0.310 e. The van der Waals surface area contributed by atoms with Crippen molar-refractivity contribution < 1.29 is 0 Å². The molecule has 0 spiro atoms. The topological polar surface area (TPSA) is 6.48 Å². The monoisotopic (exact) mass is 546 g/mol. The van der Waals surface area contributed by atoms with Crippen LogP contribution in [-0.2, 0) is 0 Å². The van der Waals surface area contributed by atoms with E-state index in [0.29, 0.717) is 0 Å². The van der Waals surface area contributed by atoms with Gasteiger partial charge >= 0.3 is 0 Å². The first kappa shape index (κ1) is 25.1. The van der Waals surface area contributed by atoms with Gasteiger partial charge in [-0.25, -0.2) is 0 Å². The lowest BCUT2D eigenvalue weighted by atomic mass is 10.1. The predicted molar refractivity (Wildman–Crippen MR) is 178 cm³/mol. The van der Waals surface area contributed by atoms with Gasteiger partial charge in [0.15, 0.2) is 0 Å². The third kappa shape index (κ3) is 4.86. The van der Waals surface area contributed by atoms with Crippen molar-refractivity contribution in [1.82, 2.24) is 0 Å². The predicted octanol–water partition coefficient (Wildman–Crippen LogP) is 11.6. The third-order valence-electron chi connectivity index (χ3n) is 7.50. The molecule has 6 aromatic carbocycles. The standard InChI is InChI=1S/C38H30N2S/c1-27-11-9-17-31(23-27)39(29-13-5-3-6-14-29)33-19-21-37-35(25-33)36-26-34(20-22-38(36)41-37)40(30-15-7-4-8-16-30)32-18-10-12-28(2)24-32/h3-26H,1-2H3. The maximum Gasteiger partial charge on any atom is 0.0468 e. The van der Waals surface area contributed by atoms with Gasteiger partial charge in [-0.3, -0.25) is 0 Å². The van der Waals surface area contributed by atoms with Crippen LogP contribution in [0.4, 0.5) is 34.1 Å². The second-order valence-electron chi connectivity index (χ2n) is 10.5. The maximum absolute atomic E-state index is 2.35. The molecule has 0 saturated heterocycles. The molecule has 3 heteroatoms. The summed E-state index contributed by atoms with van der Waals surface area (Å²) in [5.41, 5.74) is 9.39. The fraction of sp³-hybridized carbons (Fsp3) is 0.0526. The van der Waals surface area contributed by atoms with E-state index in [0.717, 1.165) is 34.1 Å². The van der Waals surface area contributed by atoms with Crippen LogP contribution in [-0.4, -0.2) is 0 Å². The molecule has 0 bridgehead atoms. The molecule has 0 amide bonds. The number of hydrogen-bond acceptors (Lipinski definition) is 3. The molecule has 0 fully saturated rings. The van der Waals surface area contributed by atoms with Crippen LogP contribution < -0.4 is 9.80 Å². The molecule has 0 atom stereocenters. The Morgan fingerprint density at radius 1 is 0.366 bits per heavy atom. The summed E-state index contributed by atoms with van der Waals surface area (Å²) in [5.74, 6) is 0. The van der Waals surface area contributed by atoms with Crippen molar-refractivity contribution in [2.75, 3.05) is 9.80 Å². The Hall–Kier alpha value is -4.86. The van der Waals surface area contributed by atoms with Gasteiger partial charge < -0.3 is 9.80 Å². The first-order valence-electron chi connectivity index (χ1n) is 13.9. The van der Waals surface area contributed by atoms with E-state index in [4.69, 9.17) is 0 Å². The molecule has 2 nitrogen and oxygen atoms in total. The van der Waals surface area contributed by atoms with E-state index in [9.17, 15) is 0 Å². The number of para-hydroxylation sites is 2. The van der Waals surface area contributed by atoms with E-state index in [1.807, 2.05) is 11.3 Å². The minimum atomic E-state index is 1.15. The van der Waals surface area contributed by atoms with Crippen LogP contribution in [0.15, 0.2) is 146 Å².